The fourth-order valence-electron chi connectivity index (χ4n) is 3.00. The number of halogens is 1. The van der Waals surface area contributed by atoms with E-state index in [1.54, 1.807) is 6.07 Å². The van der Waals surface area contributed by atoms with Gasteiger partial charge in [0.1, 0.15) is 5.82 Å². The summed E-state index contributed by atoms with van der Waals surface area (Å²) in [6.45, 7) is 4.02. The van der Waals surface area contributed by atoms with Crippen LogP contribution in [0.3, 0.4) is 0 Å². The van der Waals surface area contributed by atoms with Gasteiger partial charge in [0.05, 0.1) is 0 Å². The molecule has 3 rings (SSSR count). The van der Waals surface area contributed by atoms with Gasteiger partial charge in [-0.25, -0.2) is 4.39 Å². The standard InChI is InChI=1S/C18H21FN2/c19-17-8-4-7-16(14-17)18(21-11-9-20-10-12-21)13-15-5-2-1-3-6-15/h1-8,14,18,20H,9-13H2. The number of piperazine rings is 1. The van der Waals surface area contributed by atoms with Gasteiger partial charge >= 0.3 is 0 Å². The van der Waals surface area contributed by atoms with Crippen LogP contribution in [0, 0.1) is 5.82 Å². The normalized spacial score (nSPS) is 17.6. The van der Waals surface area contributed by atoms with E-state index >= 15 is 0 Å². The number of hydrogen-bond donors (Lipinski definition) is 1. The third kappa shape index (κ3) is 3.69. The first kappa shape index (κ1) is 14.2. The largest absolute Gasteiger partial charge is 0.314 e. The van der Waals surface area contributed by atoms with Crippen LogP contribution in [0.4, 0.5) is 4.39 Å². The van der Waals surface area contributed by atoms with Crippen molar-refractivity contribution in [3.8, 4) is 0 Å². The first-order valence-electron chi connectivity index (χ1n) is 7.57. The molecule has 1 aliphatic rings. The summed E-state index contributed by atoms with van der Waals surface area (Å²) in [5.74, 6) is -0.152. The molecular weight excluding hydrogens is 263 g/mol. The molecule has 21 heavy (non-hydrogen) atoms. The van der Waals surface area contributed by atoms with Crippen LogP contribution >= 0.6 is 0 Å². The smallest absolute Gasteiger partial charge is 0.123 e. The van der Waals surface area contributed by atoms with E-state index in [0.717, 1.165) is 38.2 Å². The molecule has 1 aliphatic heterocycles. The quantitative estimate of drug-likeness (QED) is 0.928. The minimum atomic E-state index is -0.152. The molecule has 3 heteroatoms. The Balaban J connectivity index is 1.86. The van der Waals surface area contributed by atoms with Crippen molar-refractivity contribution in [2.45, 2.75) is 12.5 Å². The van der Waals surface area contributed by atoms with E-state index in [2.05, 4.69) is 34.5 Å². The molecule has 1 N–H and O–H groups in total. The van der Waals surface area contributed by atoms with Crippen LogP contribution in [0.15, 0.2) is 54.6 Å². The van der Waals surface area contributed by atoms with Crippen LogP contribution in [-0.2, 0) is 6.42 Å². The fraction of sp³-hybridized carbons (Fsp3) is 0.333. The fourth-order valence-corrected chi connectivity index (χ4v) is 3.00. The molecule has 1 heterocycles. The van der Waals surface area contributed by atoms with E-state index < -0.39 is 0 Å². The number of benzene rings is 2. The average Bonchev–Trinajstić information content (AvgIpc) is 2.54. The highest BCUT2D eigenvalue weighted by Crippen LogP contribution is 2.26. The lowest BCUT2D eigenvalue weighted by Gasteiger charge is -2.35. The number of rotatable bonds is 4. The molecule has 0 radical (unpaired) electrons. The van der Waals surface area contributed by atoms with E-state index in [4.69, 9.17) is 0 Å². The van der Waals surface area contributed by atoms with Gasteiger partial charge in [-0.1, -0.05) is 42.5 Å². The average molecular weight is 284 g/mol. The second kappa shape index (κ2) is 6.83. The van der Waals surface area contributed by atoms with Crippen LogP contribution in [-0.4, -0.2) is 31.1 Å². The van der Waals surface area contributed by atoms with E-state index in [1.165, 1.54) is 11.6 Å². The number of hydrogen-bond acceptors (Lipinski definition) is 2. The zero-order valence-electron chi connectivity index (χ0n) is 12.1. The molecule has 110 valence electrons. The van der Waals surface area contributed by atoms with Gasteiger partial charge in [-0.2, -0.15) is 0 Å². The van der Waals surface area contributed by atoms with Crippen molar-refractivity contribution in [2.75, 3.05) is 26.2 Å². The summed E-state index contributed by atoms with van der Waals surface area (Å²) in [5.41, 5.74) is 2.37. The van der Waals surface area contributed by atoms with Crippen molar-refractivity contribution < 1.29 is 4.39 Å². The Kier molecular flexibility index (Phi) is 4.63. The molecule has 2 aromatic rings. The lowest BCUT2D eigenvalue weighted by molar-refractivity contribution is 0.172. The van der Waals surface area contributed by atoms with Crippen LogP contribution in [0.2, 0.25) is 0 Å². The predicted octanol–water partition coefficient (Wildman–Crippen LogP) is 3.01. The highest BCUT2D eigenvalue weighted by Gasteiger charge is 2.22. The van der Waals surface area contributed by atoms with Crippen molar-refractivity contribution in [1.29, 1.82) is 0 Å². The Morgan fingerprint density at radius 3 is 2.48 bits per heavy atom. The highest BCUT2D eigenvalue weighted by molar-refractivity contribution is 5.24. The van der Waals surface area contributed by atoms with Gasteiger partial charge in [0.15, 0.2) is 0 Å². The molecule has 0 spiro atoms. The lowest BCUT2D eigenvalue weighted by Crippen LogP contribution is -2.45. The molecule has 0 aromatic heterocycles. The molecule has 1 fully saturated rings. The van der Waals surface area contributed by atoms with Crippen molar-refractivity contribution in [3.05, 3.63) is 71.5 Å². The highest BCUT2D eigenvalue weighted by atomic mass is 19.1. The summed E-state index contributed by atoms with van der Waals surface area (Å²) >= 11 is 0. The summed E-state index contributed by atoms with van der Waals surface area (Å²) in [4.78, 5) is 2.46. The zero-order chi connectivity index (χ0) is 14.5. The van der Waals surface area contributed by atoms with Crippen molar-refractivity contribution in [3.63, 3.8) is 0 Å². The molecule has 0 amide bonds. The zero-order valence-corrected chi connectivity index (χ0v) is 12.1. The maximum atomic E-state index is 13.6. The summed E-state index contributed by atoms with van der Waals surface area (Å²) in [6, 6.07) is 17.7. The Labute approximate surface area is 125 Å². The Bertz CT molecular complexity index is 564. The molecule has 0 aliphatic carbocycles. The van der Waals surface area contributed by atoms with Crippen molar-refractivity contribution >= 4 is 0 Å². The summed E-state index contributed by atoms with van der Waals surface area (Å²) in [5, 5.41) is 3.38. The Morgan fingerprint density at radius 1 is 1.00 bits per heavy atom. The third-order valence-electron chi connectivity index (χ3n) is 4.10. The van der Waals surface area contributed by atoms with Crippen LogP contribution < -0.4 is 5.32 Å². The topological polar surface area (TPSA) is 15.3 Å². The molecule has 0 bridgehead atoms. The van der Waals surface area contributed by atoms with Gasteiger partial charge in [-0.15, -0.1) is 0 Å². The molecule has 2 nitrogen and oxygen atoms in total. The summed E-state index contributed by atoms with van der Waals surface area (Å²) in [7, 11) is 0. The van der Waals surface area contributed by atoms with Crippen molar-refractivity contribution in [2.24, 2.45) is 0 Å². The van der Waals surface area contributed by atoms with Gasteiger partial charge in [0.2, 0.25) is 0 Å². The molecule has 1 saturated heterocycles. The van der Waals surface area contributed by atoms with E-state index in [1.807, 2.05) is 18.2 Å². The van der Waals surface area contributed by atoms with Crippen LogP contribution in [0.1, 0.15) is 17.2 Å². The number of nitrogens with zero attached hydrogens (tertiary/aromatic N) is 1. The lowest BCUT2D eigenvalue weighted by atomic mass is 9.96. The van der Waals surface area contributed by atoms with Gasteiger partial charge in [0, 0.05) is 32.2 Å². The van der Waals surface area contributed by atoms with Gasteiger partial charge in [0.25, 0.3) is 0 Å². The van der Waals surface area contributed by atoms with Crippen LogP contribution in [0.25, 0.3) is 0 Å². The summed E-state index contributed by atoms with van der Waals surface area (Å²) in [6.07, 6.45) is 0.921. The monoisotopic (exact) mass is 284 g/mol. The molecule has 2 aromatic carbocycles. The minimum absolute atomic E-state index is 0.152. The maximum Gasteiger partial charge on any atom is 0.123 e. The Hall–Kier alpha value is -1.71. The van der Waals surface area contributed by atoms with E-state index in [9.17, 15) is 4.39 Å². The van der Waals surface area contributed by atoms with Crippen molar-refractivity contribution in [1.82, 2.24) is 10.2 Å². The van der Waals surface area contributed by atoms with Crippen LogP contribution in [0.5, 0.6) is 0 Å². The first-order valence-corrected chi connectivity index (χ1v) is 7.57. The minimum Gasteiger partial charge on any atom is -0.314 e. The Morgan fingerprint density at radius 2 is 1.76 bits per heavy atom. The van der Waals surface area contributed by atoms with E-state index in [-0.39, 0.29) is 11.9 Å². The maximum absolute atomic E-state index is 13.6. The van der Waals surface area contributed by atoms with E-state index in [0.29, 0.717) is 0 Å². The van der Waals surface area contributed by atoms with Gasteiger partial charge < -0.3 is 5.32 Å². The predicted molar refractivity (Wildman–Crippen MR) is 83.7 cm³/mol. The SMILES string of the molecule is Fc1cccc(C(Cc2ccccc2)N2CCNCC2)c1. The molecule has 1 unspecified atom stereocenters. The molecular formula is C18H21FN2. The second-order valence-corrected chi connectivity index (χ2v) is 5.55. The number of nitrogens with one attached hydrogen (secondary N) is 1. The molecule has 1 atom stereocenters. The third-order valence-corrected chi connectivity index (χ3v) is 4.10. The molecule has 0 saturated carbocycles. The summed E-state index contributed by atoms with van der Waals surface area (Å²) < 4.78 is 13.6. The van der Waals surface area contributed by atoms with Gasteiger partial charge in [-0.05, 0) is 29.7 Å². The second-order valence-electron chi connectivity index (χ2n) is 5.55. The first-order chi connectivity index (χ1) is 10.3. The van der Waals surface area contributed by atoms with Gasteiger partial charge in [-0.3, -0.25) is 4.90 Å².